The van der Waals surface area contributed by atoms with Gasteiger partial charge in [0.15, 0.2) is 0 Å². The molecule has 0 spiro atoms. The first kappa shape index (κ1) is 11.5. The van der Waals surface area contributed by atoms with Crippen LogP contribution in [0.5, 0.6) is 0 Å². The van der Waals surface area contributed by atoms with Crippen LogP contribution in [-0.2, 0) is 0 Å². The van der Waals surface area contributed by atoms with Gasteiger partial charge in [0.2, 0.25) is 0 Å². The topological polar surface area (TPSA) is 39.1 Å². The first-order chi connectivity index (χ1) is 6.93. The van der Waals surface area contributed by atoms with Crippen LogP contribution in [0.25, 0.3) is 0 Å². The highest BCUT2D eigenvalue weighted by atomic mass is 15.2. The lowest BCUT2D eigenvalue weighted by atomic mass is 10.1. The zero-order valence-electron chi connectivity index (χ0n) is 8.97. The molecule has 0 amide bonds. The van der Waals surface area contributed by atoms with E-state index < -0.39 is 0 Å². The summed E-state index contributed by atoms with van der Waals surface area (Å²) in [7, 11) is 0. The number of nitrogens with one attached hydrogen (secondary N) is 1. The van der Waals surface area contributed by atoms with Gasteiger partial charge in [0, 0.05) is 32.6 Å². The van der Waals surface area contributed by atoms with E-state index in [1.54, 1.807) is 0 Å². The molecule has 0 atom stereocenters. The van der Waals surface area contributed by atoms with Crippen molar-refractivity contribution in [3.05, 3.63) is 0 Å². The summed E-state index contributed by atoms with van der Waals surface area (Å²) in [5.74, 6) is 0. The van der Waals surface area contributed by atoms with Crippen molar-refractivity contribution < 1.29 is 0 Å². The highest BCUT2D eigenvalue weighted by Crippen LogP contribution is 2.04. The van der Waals surface area contributed by atoms with Crippen molar-refractivity contribution in [2.45, 2.75) is 32.1 Å². The summed E-state index contributed by atoms with van der Waals surface area (Å²) >= 11 is 0. The van der Waals surface area contributed by atoms with Gasteiger partial charge >= 0.3 is 0 Å². The zero-order chi connectivity index (χ0) is 10.1. The largest absolute Gasteiger partial charge is 0.314 e. The molecular formula is C11H21N3. The van der Waals surface area contributed by atoms with Crippen LogP contribution < -0.4 is 5.32 Å². The Kier molecular flexibility index (Phi) is 6.38. The van der Waals surface area contributed by atoms with Crippen LogP contribution >= 0.6 is 0 Å². The quantitative estimate of drug-likeness (QED) is 0.651. The molecule has 0 saturated carbocycles. The molecule has 0 aliphatic carbocycles. The van der Waals surface area contributed by atoms with Crippen molar-refractivity contribution in [2.75, 3.05) is 32.7 Å². The minimum absolute atomic E-state index is 0.730. The molecule has 0 bridgehead atoms. The van der Waals surface area contributed by atoms with Gasteiger partial charge in [-0.1, -0.05) is 12.8 Å². The van der Waals surface area contributed by atoms with Gasteiger partial charge in [-0.3, -0.25) is 0 Å². The third-order valence-electron chi connectivity index (χ3n) is 2.72. The summed E-state index contributed by atoms with van der Waals surface area (Å²) in [6, 6.07) is 2.19. The fourth-order valence-electron chi connectivity index (χ4n) is 1.83. The van der Waals surface area contributed by atoms with E-state index in [1.807, 2.05) is 0 Å². The Labute approximate surface area is 87.1 Å². The minimum atomic E-state index is 0.730. The molecule has 0 radical (unpaired) electrons. The normalized spacial score (nSPS) is 17.9. The van der Waals surface area contributed by atoms with Crippen LogP contribution in [0.1, 0.15) is 32.1 Å². The average Bonchev–Trinajstić information content (AvgIpc) is 2.25. The highest BCUT2D eigenvalue weighted by molar-refractivity contribution is 4.69. The Morgan fingerprint density at radius 2 is 1.79 bits per heavy atom. The van der Waals surface area contributed by atoms with Gasteiger partial charge in [0.1, 0.15) is 0 Å². The smallest absolute Gasteiger partial charge is 0.0621 e. The van der Waals surface area contributed by atoms with E-state index >= 15 is 0 Å². The van der Waals surface area contributed by atoms with E-state index in [0.717, 1.165) is 25.9 Å². The number of rotatable bonds is 6. The Hall–Kier alpha value is -0.590. The van der Waals surface area contributed by atoms with Crippen LogP contribution in [0.15, 0.2) is 0 Å². The van der Waals surface area contributed by atoms with Gasteiger partial charge in [-0.05, 0) is 19.4 Å². The van der Waals surface area contributed by atoms with Crippen molar-refractivity contribution in [1.29, 1.82) is 5.26 Å². The predicted molar refractivity (Wildman–Crippen MR) is 58.0 cm³/mol. The van der Waals surface area contributed by atoms with Crippen LogP contribution in [0.4, 0.5) is 0 Å². The average molecular weight is 195 g/mol. The van der Waals surface area contributed by atoms with Gasteiger partial charge in [0.05, 0.1) is 6.07 Å². The molecule has 0 unspecified atom stereocenters. The minimum Gasteiger partial charge on any atom is -0.314 e. The third-order valence-corrected chi connectivity index (χ3v) is 2.72. The van der Waals surface area contributed by atoms with Gasteiger partial charge < -0.3 is 10.2 Å². The molecule has 0 aromatic carbocycles. The summed E-state index contributed by atoms with van der Waals surface area (Å²) < 4.78 is 0. The Bertz CT molecular complexity index is 168. The number of nitriles is 1. The SMILES string of the molecule is N#CCCCCCCN1CCNCC1. The molecule has 1 rings (SSSR count). The second-order valence-electron chi connectivity index (χ2n) is 3.91. The first-order valence-corrected chi connectivity index (χ1v) is 5.73. The number of piperazine rings is 1. The number of nitrogens with zero attached hydrogens (tertiary/aromatic N) is 2. The summed E-state index contributed by atoms with van der Waals surface area (Å²) in [5.41, 5.74) is 0. The van der Waals surface area contributed by atoms with E-state index in [4.69, 9.17) is 5.26 Å². The second-order valence-corrected chi connectivity index (χ2v) is 3.91. The number of hydrogen-bond acceptors (Lipinski definition) is 3. The van der Waals surface area contributed by atoms with Gasteiger partial charge in [-0.25, -0.2) is 0 Å². The molecular weight excluding hydrogens is 174 g/mol. The lowest BCUT2D eigenvalue weighted by Gasteiger charge is -2.26. The molecule has 80 valence electrons. The Morgan fingerprint density at radius 1 is 1.07 bits per heavy atom. The summed E-state index contributed by atoms with van der Waals surface area (Å²) in [6.45, 7) is 5.95. The lowest BCUT2D eigenvalue weighted by molar-refractivity contribution is 0.236. The lowest BCUT2D eigenvalue weighted by Crippen LogP contribution is -2.43. The Balaban J connectivity index is 1.85. The van der Waals surface area contributed by atoms with Gasteiger partial charge in [-0.2, -0.15) is 5.26 Å². The standard InChI is InChI=1S/C11H21N3/c12-6-4-2-1-3-5-9-14-10-7-13-8-11-14/h13H,1-5,7-11H2. The van der Waals surface area contributed by atoms with E-state index in [1.165, 1.54) is 38.9 Å². The van der Waals surface area contributed by atoms with Crippen LogP contribution in [0.2, 0.25) is 0 Å². The molecule has 3 nitrogen and oxygen atoms in total. The molecule has 1 saturated heterocycles. The first-order valence-electron chi connectivity index (χ1n) is 5.73. The predicted octanol–water partition coefficient (Wildman–Crippen LogP) is 1.37. The van der Waals surface area contributed by atoms with E-state index in [2.05, 4.69) is 16.3 Å². The second kappa shape index (κ2) is 7.78. The molecule has 1 heterocycles. The fourth-order valence-corrected chi connectivity index (χ4v) is 1.83. The van der Waals surface area contributed by atoms with Gasteiger partial charge in [-0.15, -0.1) is 0 Å². The molecule has 0 aromatic heterocycles. The maximum absolute atomic E-state index is 8.36. The number of hydrogen-bond donors (Lipinski definition) is 1. The molecule has 14 heavy (non-hydrogen) atoms. The maximum Gasteiger partial charge on any atom is 0.0621 e. The van der Waals surface area contributed by atoms with Crippen LogP contribution in [-0.4, -0.2) is 37.6 Å². The van der Waals surface area contributed by atoms with Crippen molar-refractivity contribution in [2.24, 2.45) is 0 Å². The van der Waals surface area contributed by atoms with Crippen LogP contribution in [0.3, 0.4) is 0 Å². The fraction of sp³-hybridized carbons (Fsp3) is 0.909. The molecule has 3 heteroatoms. The highest BCUT2D eigenvalue weighted by Gasteiger charge is 2.07. The van der Waals surface area contributed by atoms with Crippen molar-refractivity contribution >= 4 is 0 Å². The summed E-state index contributed by atoms with van der Waals surface area (Å²) in [5, 5.41) is 11.7. The molecule has 1 aliphatic rings. The maximum atomic E-state index is 8.36. The molecule has 0 aromatic rings. The van der Waals surface area contributed by atoms with Crippen molar-refractivity contribution in [3.63, 3.8) is 0 Å². The van der Waals surface area contributed by atoms with Crippen molar-refractivity contribution in [3.8, 4) is 6.07 Å². The molecule has 1 N–H and O–H groups in total. The van der Waals surface area contributed by atoms with Crippen LogP contribution in [0, 0.1) is 11.3 Å². The van der Waals surface area contributed by atoms with E-state index in [0.29, 0.717) is 0 Å². The monoisotopic (exact) mass is 195 g/mol. The summed E-state index contributed by atoms with van der Waals surface area (Å²) in [4.78, 5) is 2.53. The molecule has 1 aliphatic heterocycles. The van der Waals surface area contributed by atoms with E-state index in [-0.39, 0.29) is 0 Å². The number of unbranched alkanes of at least 4 members (excludes halogenated alkanes) is 4. The molecule has 1 fully saturated rings. The zero-order valence-corrected chi connectivity index (χ0v) is 8.97. The van der Waals surface area contributed by atoms with Gasteiger partial charge in [0.25, 0.3) is 0 Å². The van der Waals surface area contributed by atoms with E-state index in [9.17, 15) is 0 Å². The Morgan fingerprint density at radius 3 is 2.50 bits per heavy atom. The van der Waals surface area contributed by atoms with Crippen molar-refractivity contribution in [1.82, 2.24) is 10.2 Å². The summed E-state index contributed by atoms with van der Waals surface area (Å²) in [6.07, 6.45) is 5.61. The third kappa shape index (κ3) is 5.21.